The van der Waals surface area contributed by atoms with E-state index in [0.717, 1.165) is 167 Å². The Balaban J connectivity index is 4.15. The number of rotatable bonds is 58. The average molecular weight is 1120 g/mol. The minimum atomic E-state index is -0.796. The van der Waals surface area contributed by atoms with Crippen molar-refractivity contribution in [2.24, 2.45) is 0 Å². The van der Waals surface area contributed by atoms with Crippen LogP contribution in [0.5, 0.6) is 0 Å². The molecule has 0 N–H and O–H groups in total. The average Bonchev–Trinajstić information content (AvgIpc) is 3.47. The molecule has 0 bridgehead atoms. The molecule has 0 aromatic carbocycles. The molecule has 0 saturated carbocycles. The molecule has 0 rings (SSSR count). The molecule has 0 amide bonds. The lowest BCUT2D eigenvalue weighted by Gasteiger charge is -2.18. The van der Waals surface area contributed by atoms with Crippen LogP contribution in [-0.4, -0.2) is 37.2 Å². The normalized spacial score (nSPS) is 13.2. The van der Waals surface area contributed by atoms with Crippen LogP contribution in [0.3, 0.4) is 0 Å². The van der Waals surface area contributed by atoms with Gasteiger partial charge in [-0.1, -0.05) is 281 Å². The van der Waals surface area contributed by atoms with Gasteiger partial charge in [0.25, 0.3) is 0 Å². The Morgan fingerprint density at radius 3 is 0.753 bits per heavy atom. The molecule has 81 heavy (non-hydrogen) atoms. The van der Waals surface area contributed by atoms with Crippen LogP contribution < -0.4 is 0 Å². The van der Waals surface area contributed by atoms with E-state index < -0.39 is 6.10 Å². The van der Waals surface area contributed by atoms with Gasteiger partial charge in [-0.15, -0.1) is 0 Å². The summed E-state index contributed by atoms with van der Waals surface area (Å²) in [4.78, 5) is 37.9. The maximum absolute atomic E-state index is 12.8. The molecular weight excluding hydrogens is 997 g/mol. The number of carbonyl (C=O) groups is 3. The van der Waals surface area contributed by atoms with Crippen LogP contribution in [0, 0.1) is 0 Å². The first-order valence-electron chi connectivity index (χ1n) is 33.0. The third-order valence-electron chi connectivity index (χ3n) is 13.5. The lowest BCUT2D eigenvalue weighted by Crippen LogP contribution is -2.30. The van der Waals surface area contributed by atoms with Crippen molar-refractivity contribution in [3.05, 3.63) is 158 Å². The standard InChI is InChI=1S/C75H120O6/c1-4-7-10-13-15-17-19-21-23-25-27-29-31-32-33-34-35-36-37-38-39-40-41-42-44-45-47-49-51-53-55-57-59-62-65-68-74(77)80-71-72(70-79-73(76)67-64-61-12-9-6-3)81-75(78)69-66-63-60-58-56-54-52-50-48-46-43-30-28-26-24-22-20-18-16-14-11-8-5-2/h7,10,15,17,20-23,26-29,32-33,35-36,38-39,41-43,45-47,51,53,72H,4-6,8-9,11-14,16,18-19,24-25,30-31,34,37,40,44,48-50,52,54-71H2,1-3H3/b10-7-,17-15-,22-20-,23-21-,28-26-,29-27-,33-32-,36-35-,39-38-,42-41-,46-43-,47-45-,53-51-. The SMILES string of the molecule is CC/C=C\C/C=C\C/C=C\C/C=C\C/C=C\C/C=C\C/C=C\C/C=C\C/C=C\C/C=C\CCCCCCC(=O)OCC(COC(=O)CCCCCCC)OC(=O)CCCCCCCCCC/C=C\C/C=C\C/C=C\CCCCCCC. The number of esters is 3. The molecule has 6 nitrogen and oxygen atoms in total. The Hall–Kier alpha value is -4.97. The van der Waals surface area contributed by atoms with E-state index >= 15 is 0 Å². The zero-order valence-corrected chi connectivity index (χ0v) is 52.2. The largest absolute Gasteiger partial charge is 0.462 e. The molecule has 0 saturated heterocycles. The van der Waals surface area contributed by atoms with Gasteiger partial charge in [0.05, 0.1) is 0 Å². The Labute approximate surface area is 499 Å². The van der Waals surface area contributed by atoms with Crippen LogP contribution in [-0.2, 0) is 28.6 Å². The second-order valence-electron chi connectivity index (χ2n) is 21.3. The number of hydrogen-bond acceptors (Lipinski definition) is 6. The van der Waals surface area contributed by atoms with Gasteiger partial charge in [-0.3, -0.25) is 14.4 Å². The van der Waals surface area contributed by atoms with Gasteiger partial charge in [-0.05, 0) is 135 Å². The molecule has 0 radical (unpaired) electrons. The summed E-state index contributed by atoms with van der Waals surface area (Å²) in [6.07, 6.45) is 98.7. The van der Waals surface area contributed by atoms with Crippen molar-refractivity contribution in [1.82, 2.24) is 0 Å². The molecule has 0 aliphatic rings. The van der Waals surface area contributed by atoms with Crippen molar-refractivity contribution in [3.8, 4) is 0 Å². The van der Waals surface area contributed by atoms with Crippen LogP contribution in [0.15, 0.2) is 158 Å². The summed E-state index contributed by atoms with van der Waals surface area (Å²) in [6, 6.07) is 0. The smallest absolute Gasteiger partial charge is 0.306 e. The topological polar surface area (TPSA) is 78.9 Å². The highest BCUT2D eigenvalue weighted by atomic mass is 16.6. The second-order valence-corrected chi connectivity index (χ2v) is 21.3. The molecule has 0 aromatic rings. The second kappa shape index (κ2) is 67.5. The first-order valence-corrected chi connectivity index (χ1v) is 33.0. The zero-order valence-electron chi connectivity index (χ0n) is 52.2. The fraction of sp³-hybridized carbons (Fsp3) is 0.613. The van der Waals surface area contributed by atoms with Crippen LogP contribution in [0.2, 0.25) is 0 Å². The summed E-state index contributed by atoms with van der Waals surface area (Å²) in [5, 5.41) is 0. The summed E-state index contributed by atoms with van der Waals surface area (Å²) in [5.41, 5.74) is 0. The van der Waals surface area contributed by atoms with Crippen LogP contribution >= 0.6 is 0 Å². The van der Waals surface area contributed by atoms with Gasteiger partial charge in [0.2, 0.25) is 0 Å². The maximum Gasteiger partial charge on any atom is 0.306 e. The molecule has 1 unspecified atom stereocenters. The fourth-order valence-corrected chi connectivity index (χ4v) is 8.59. The molecule has 0 heterocycles. The first kappa shape index (κ1) is 76.0. The van der Waals surface area contributed by atoms with E-state index in [9.17, 15) is 14.4 Å². The monoisotopic (exact) mass is 1120 g/mol. The van der Waals surface area contributed by atoms with Crippen molar-refractivity contribution < 1.29 is 28.6 Å². The van der Waals surface area contributed by atoms with Crippen LogP contribution in [0.1, 0.15) is 278 Å². The molecule has 6 heteroatoms. The predicted molar refractivity (Wildman–Crippen MR) is 352 cm³/mol. The third kappa shape index (κ3) is 65.7. The number of hydrogen-bond donors (Lipinski definition) is 0. The minimum Gasteiger partial charge on any atom is -0.462 e. The highest BCUT2D eigenvalue weighted by Crippen LogP contribution is 2.14. The Bertz CT molecular complexity index is 1810. The van der Waals surface area contributed by atoms with Crippen molar-refractivity contribution in [3.63, 3.8) is 0 Å². The van der Waals surface area contributed by atoms with Gasteiger partial charge in [0.15, 0.2) is 6.10 Å². The molecule has 0 spiro atoms. The zero-order chi connectivity index (χ0) is 58.5. The third-order valence-corrected chi connectivity index (χ3v) is 13.5. The number of ether oxygens (including phenoxy) is 3. The summed E-state index contributed by atoms with van der Waals surface area (Å²) in [5.74, 6) is -0.945. The van der Waals surface area contributed by atoms with E-state index in [-0.39, 0.29) is 31.1 Å². The van der Waals surface area contributed by atoms with Crippen molar-refractivity contribution >= 4 is 17.9 Å². The van der Waals surface area contributed by atoms with Gasteiger partial charge in [-0.25, -0.2) is 0 Å². The van der Waals surface area contributed by atoms with E-state index in [2.05, 4.69) is 179 Å². The van der Waals surface area contributed by atoms with Crippen molar-refractivity contribution in [2.75, 3.05) is 13.2 Å². The predicted octanol–water partition coefficient (Wildman–Crippen LogP) is 22.9. The quantitative estimate of drug-likeness (QED) is 0.0261. The Morgan fingerprint density at radius 1 is 0.259 bits per heavy atom. The highest BCUT2D eigenvalue weighted by Gasteiger charge is 2.19. The number of allylic oxidation sites excluding steroid dienone is 26. The number of carbonyl (C=O) groups excluding carboxylic acids is 3. The summed E-state index contributed by atoms with van der Waals surface area (Å²) < 4.78 is 16.7. The van der Waals surface area contributed by atoms with Gasteiger partial charge >= 0.3 is 17.9 Å². The summed E-state index contributed by atoms with van der Waals surface area (Å²) in [6.45, 7) is 6.40. The van der Waals surface area contributed by atoms with E-state index in [1.165, 1.54) is 70.6 Å². The summed E-state index contributed by atoms with van der Waals surface area (Å²) >= 11 is 0. The van der Waals surface area contributed by atoms with Gasteiger partial charge in [-0.2, -0.15) is 0 Å². The minimum absolute atomic E-state index is 0.0949. The van der Waals surface area contributed by atoms with Crippen LogP contribution in [0.25, 0.3) is 0 Å². The molecule has 0 aliphatic heterocycles. The molecule has 0 fully saturated rings. The van der Waals surface area contributed by atoms with E-state index in [1.54, 1.807) is 0 Å². The molecule has 0 aromatic heterocycles. The van der Waals surface area contributed by atoms with Gasteiger partial charge in [0, 0.05) is 19.3 Å². The molecular formula is C75H120O6. The van der Waals surface area contributed by atoms with E-state index in [0.29, 0.717) is 19.3 Å². The molecule has 456 valence electrons. The Morgan fingerprint density at radius 2 is 0.481 bits per heavy atom. The lowest BCUT2D eigenvalue weighted by atomic mass is 10.1. The van der Waals surface area contributed by atoms with E-state index in [1.807, 2.05) is 0 Å². The lowest BCUT2D eigenvalue weighted by molar-refractivity contribution is -0.167. The molecule has 1 atom stereocenters. The summed E-state index contributed by atoms with van der Waals surface area (Å²) in [7, 11) is 0. The van der Waals surface area contributed by atoms with E-state index in [4.69, 9.17) is 14.2 Å². The van der Waals surface area contributed by atoms with Crippen LogP contribution in [0.4, 0.5) is 0 Å². The van der Waals surface area contributed by atoms with Crippen molar-refractivity contribution in [1.29, 1.82) is 0 Å². The first-order chi connectivity index (χ1) is 40.0. The van der Waals surface area contributed by atoms with Gasteiger partial charge in [0.1, 0.15) is 13.2 Å². The van der Waals surface area contributed by atoms with Gasteiger partial charge < -0.3 is 14.2 Å². The number of unbranched alkanes of at least 4 members (excludes halogenated alkanes) is 21. The van der Waals surface area contributed by atoms with Crippen molar-refractivity contribution in [2.45, 2.75) is 284 Å². The molecule has 0 aliphatic carbocycles. The highest BCUT2D eigenvalue weighted by molar-refractivity contribution is 5.71. The maximum atomic E-state index is 12.8. The Kier molecular flexibility index (Phi) is 63.4. The fourth-order valence-electron chi connectivity index (χ4n) is 8.59.